The lowest BCUT2D eigenvalue weighted by Gasteiger charge is -2.27. The lowest BCUT2D eigenvalue weighted by molar-refractivity contribution is 0.330. The van der Waals surface area contributed by atoms with Crippen LogP contribution in [0.1, 0.15) is 57.6 Å². The molecule has 0 radical (unpaired) electrons. The first-order chi connectivity index (χ1) is 9.72. The SMILES string of the molecule is CCC#CCOc1ncnc(C2CCCC(C)C2)c1Br. The summed E-state index contributed by atoms with van der Waals surface area (Å²) < 4.78 is 6.53. The van der Waals surface area contributed by atoms with Crippen LogP contribution in [0, 0.1) is 17.8 Å². The highest BCUT2D eigenvalue weighted by molar-refractivity contribution is 9.10. The third-order valence-electron chi connectivity index (χ3n) is 3.69. The Kier molecular flexibility index (Phi) is 5.85. The summed E-state index contributed by atoms with van der Waals surface area (Å²) in [5.74, 6) is 7.85. The van der Waals surface area contributed by atoms with E-state index in [-0.39, 0.29) is 0 Å². The van der Waals surface area contributed by atoms with Crippen molar-refractivity contribution >= 4 is 15.9 Å². The van der Waals surface area contributed by atoms with Gasteiger partial charge in [0.25, 0.3) is 0 Å². The molecule has 1 saturated carbocycles. The van der Waals surface area contributed by atoms with Crippen molar-refractivity contribution < 1.29 is 4.74 Å². The second-order valence-corrected chi connectivity index (χ2v) is 6.14. The standard InChI is InChI=1S/C16H21BrN2O/c1-3-4-5-9-20-16-14(17)15(18-11-19-16)13-8-6-7-12(2)10-13/h11-13H,3,6-10H2,1-2H3. The van der Waals surface area contributed by atoms with Crippen LogP contribution in [0.4, 0.5) is 0 Å². The Morgan fingerprint density at radius 3 is 2.95 bits per heavy atom. The molecular formula is C16H21BrN2O. The molecule has 2 unspecified atom stereocenters. The summed E-state index contributed by atoms with van der Waals surface area (Å²) in [6.07, 6.45) is 7.46. The van der Waals surface area contributed by atoms with Crippen LogP contribution in [-0.4, -0.2) is 16.6 Å². The summed E-state index contributed by atoms with van der Waals surface area (Å²) in [5, 5.41) is 0. The van der Waals surface area contributed by atoms with Crippen LogP contribution in [0.15, 0.2) is 10.8 Å². The van der Waals surface area contributed by atoms with Gasteiger partial charge in [0.1, 0.15) is 10.8 Å². The van der Waals surface area contributed by atoms with E-state index in [1.807, 2.05) is 6.92 Å². The molecule has 2 rings (SSSR count). The fourth-order valence-corrected chi connectivity index (χ4v) is 3.36. The Balaban J connectivity index is 2.10. The normalized spacial score (nSPS) is 21.9. The molecule has 1 aliphatic rings. The van der Waals surface area contributed by atoms with Crippen LogP contribution in [0.3, 0.4) is 0 Å². The highest BCUT2D eigenvalue weighted by Crippen LogP contribution is 2.39. The molecule has 3 nitrogen and oxygen atoms in total. The molecule has 1 aliphatic carbocycles. The maximum atomic E-state index is 5.63. The van der Waals surface area contributed by atoms with E-state index in [1.165, 1.54) is 25.7 Å². The summed E-state index contributed by atoms with van der Waals surface area (Å²) in [5.41, 5.74) is 1.09. The van der Waals surface area contributed by atoms with Gasteiger partial charge in [0.05, 0.1) is 5.69 Å². The minimum atomic E-state index is 0.379. The first-order valence-electron chi connectivity index (χ1n) is 7.31. The first kappa shape index (κ1) is 15.3. The topological polar surface area (TPSA) is 35.0 Å². The van der Waals surface area contributed by atoms with E-state index in [0.717, 1.165) is 22.5 Å². The summed E-state index contributed by atoms with van der Waals surface area (Å²) in [7, 11) is 0. The Morgan fingerprint density at radius 2 is 2.20 bits per heavy atom. The lowest BCUT2D eigenvalue weighted by Crippen LogP contribution is -2.14. The lowest BCUT2D eigenvalue weighted by atomic mass is 9.81. The largest absolute Gasteiger partial charge is 0.464 e. The highest BCUT2D eigenvalue weighted by atomic mass is 79.9. The van der Waals surface area contributed by atoms with Gasteiger partial charge in [0.15, 0.2) is 6.61 Å². The third kappa shape index (κ3) is 3.96. The third-order valence-corrected chi connectivity index (χ3v) is 4.44. The fourth-order valence-electron chi connectivity index (χ4n) is 2.71. The molecule has 108 valence electrons. The van der Waals surface area contributed by atoms with Crippen molar-refractivity contribution in [2.24, 2.45) is 5.92 Å². The molecule has 0 aliphatic heterocycles. The van der Waals surface area contributed by atoms with E-state index in [1.54, 1.807) is 6.33 Å². The number of aromatic nitrogens is 2. The number of nitrogens with zero attached hydrogens (tertiary/aromatic N) is 2. The van der Waals surface area contributed by atoms with Crippen LogP contribution < -0.4 is 4.74 Å². The molecule has 1 aromatic heterocycles. The summed E-state index contributed by atoms with van der Waals surface area (Å²) in [6, 6.07) is 0. The van der Waals surface area contributed by atoms with Crippen LogP contribution in [-0.2, 0) is 0 Å². The number of ether oxygens (including phenoxy) is 1. The van der Waals surface area contributed by atoms with Gasteiger partial charge in [0.2, 0.25) is 5.88 Å². The van der Waals surface area contributed by atoms with Crippen molar-refractivity contribution in [1.82, 2.24) is 9.97 Å². The first-order valence-corrected chi connectivity index (χ1v) is 8.10. The van der Waals surface area contributed by atoms with E-state index < -0.39 is 0 Å². The van der Waals surface area contributed by atoms with Crippen LogP contribution in [0.2, 0.25) is 0 Å². The molecule has 1 heterocycles. The number of hydrogen-bond donors (Lipinski definition) is 0. The van der Waals surface area contributed by atoms with Crippen molar-refractivity contribution in [2.45, 2.75) is 51.9 Å². The molecule has 0 amide bonds. The second-order valence-electron chi connectivity index (χ2n) is 5.34. The van der Waals surface area contributed by atoms with Gasteiger partial charge in [-0.1, -0.05) is 32.6 Å². The van der Waals surface area contributed by atoms with E-state index in [4.69, 9.17) is 4.74 Å². The van der Waals surface area contributed by atoms with Gasteiger partial charge in [-0.2, -0.15) is 0 Å². The van der Waals surface area contributed by atoms with E-state index in [2.05, 4.69) is 44.7 Å². The molecule has 0 N–H and O–H groups in total. The van der Waals surface area contributed by atoms with E-state index in [0.29, 0.717) is 18.4 Å². The van der Waals surface area contributed by atoms with Gasteiger partial charge >= 0.3 is 0 Å². The molecule has 0 saturated heterocycles. The average molecular weight is 337 g/mol. The van der Waals surface area contributed by atoms with Gasteiger partial charge in [-0.15, -0.1) is 5.92 Å². The van der Waals surface area contributed by atoms with Crippen molar-refractivity contribution in [3.63, 3.8) is 0 Å². The molecule has 20 heavy (non-hydrogen) atoms. The predicted octanol–water partition coefficient (Wildman–Crippen LogP) is 4.33. The van der Waals surface area contributed by atoms with Gasteiger partial charge in [0, 0.05) is 12.3 Å². The molecule has 1 aromatic rings. The molecule has 2 atom stereocenters. The minimum Gasteiger partial charge on any atom is -0.464 e. The van der Waals surface area contributed by atoms with Crippen LogP contribution in [0.5, 0.6) is 5.88 Å². The van der Waals surface area contributed by atoms with Crippen LogP contribution >= 0.6 is 15.9 Å². The van der Waals surface area contributed by atoms with Crippen molar-refractivity contribution in [2.75, 3.05) is 6.61 Å². The molecule has 0 spiro atoms. The Hall–Kier alpha value is -1.08. The van der Waals surface area contributed by atoms with Crippen LogP contribution in [0.25, 0.3) is 0 Å². The zero-order valence-corrected chi connectivity index (χ0v) is 13.7. The second kappa shape index (κ2) is 7.64. The molecular weight excluding hydrogens is 316 g/mol. The smallest absolute Gasteiger partial charge is 0.232 e. The zero-order chi connectivity index (χ0) is 14.4. The maximum absolute atomic E-state index is 5.63. The Morgan fingerprint density at radius 1 is 1.35 bits per heavy atom. The summed E-state index contributed by atoms with van der Waals surface area (Å²) >= 11 is 3.61. The van der Waals surface area contributed by atoms with Crippen molar-refractivity contribution in [3.8, 4) is 17.7 Å². The highest BCUT2D eigenvalue weighted by Gasteiger charge is 2.24. The Bertz CT molecular complexity index is 507. The fraction of sp³-hybridized carbons (Fsp3) is 0.625. The summed E-state index contributed by atoms with van der Waals surface area (Å²) in [6.45, 7) is 4.72. The maximum Gasteiger partial charge on any atom is 0.232 e. The van der Waals surface area contributed by atoms with Gasteiger partial charge in [-0.25, -0.2) is 9.97 Å². The van der Waals surface area contributed by atoms with Gasteiger partial charge in [-0.05, 0) is 34.7 Å². The quantitative estimate of drug-likeness (QED) is 0.770. The Labute approximate surface area is 129 Å². The minimum absolute atomic E-state index is 0.379. The molecule has 0 bridgehead atoms. The summed E-state index contributed by atoms with van der Waals surface area (Å²) in [4.78, 5) is 8.67. The van der Waals surface area contributed by atoms with Crippen molar-refractivity contribution in [3.05, 3.63) is 16.5 Å². The van der Waals surface area contributed by atoms with Gasteiger partial charge in [-0.3, -0.25) is 0 Å². The number of hydrogen-bond acceptors (Lipinski definition) is 3. The van der Waals surface area contributed by atoms with Gasteiger partial charge < -0.3 is 4.74 Å². The predicted molar refractivity (Wildman–Crippen MR) is 83.7 cm³/mol. The zero-order valence-electron chi connectivity index (χ0n) is 12.2. The number of halogens is 1. The molecule has 0 aromatic carbocycles. The number of rotatable bonds is 3. The van der Waals surface area contributed by atoms with E-state index >= 15 is 0 Å². The van der Waals surface area contributed by atoms with Crippen molar-refractivity contribution in [1.29, 1.82) is 0 Å². The van der Waals surface area contributed by atoms with E-state index in [9.17, 15) is 0 Å². The molecule has 4 heteroatoms. The average Bonchev–Trinajstić information content (AvgIpc) is 2.45. The monoisotopic (exact) mass is 336 g/mol. The molecule has 1 fully saturated rings.